The van der Waals surface area contributed by atoms with Gasteiger partial charge in [0.15, 0.2) is 0 Å². The maximum Gasteiger partial charge on any atom is 0.124 e. The van der Waals surface area contributed by atoms with Crippen molar-refractivity contribution in [2.75, 3.05) is 0 Å². The van der Waals surface area contributed by atoms with E-state index < -0.39 is 0 Å². The van der Waals surface area contributed by atoms with Crippen LogP contribution in [0.5, 0.6) is 5.75 Å². The van der Waals surface area contributed by atoms with Crippen molar-refractivity contribution in [3.05, 3.63) is 28.2 Å². The summed E-state index contributed by atoms with van der Waals surface area (Å²) >= 11 is 3.54. The highest BCUT2D eigenvalue weighted by Crippen LogP contribution is 2.43. The van der Waals surface area contributed by atoms with Gasteiger partial charge in [0, 0.05) is 15.6 Å². The SMILES string of the molecule is NC1(c2cc(Br)ccc2OC2CC2)CCCC1. The molecule has 17 heavy (non-hydrogen) atoms. The first-order valence-corrected chi connectivity index (χ1v) is 7.22. The number of halogens is 1. The van der Waals surface area contributed by atoms with Crippen LogP contribution in [-0.2, 0) is 5.54 Å². The van der Waals surface area contributed by atoms with Gasteiger partial charge in [-0.2, -0.15) is 0 Å². The summed E-state index contributed by atoms with van der Waals surface area (Å²) in [7, 11) is 0. The van der Waals surface area contributed by atoms with Crippen LogP contribution in [0.15, 0.2) is 22.7 Å². The highest BCUT2D eigenvalue weighted by molar-refractivity contribution is 9.10. The predicted molar refractivity (Wildman–Crippen MR) is 72.1 cm³/mol. The van der Waals surface area contributed by atoms with Crippen molar-refractivity contribution in [3.63, 3.8) is 0 Å². The molecule has 0 spiro atoms. The molecular weight excluding hydrogens is 278 g/mol. The molecular formula is C14H18BrNO. The van der Waals surface area contributed by atoms with Crippen LogP contribution >= 0.6 is 15.9 Å². The van der Waals surface area contributed by atoms with Crippen LogP contribution in [0.2, 0.25) is 0 Å². The van der Waals surface area contributed by atoms with E-state index in [-0.39, 0.29) is 5.54 Å². The molecule has 2 nitrogen and oxygen atoms in total. The summed E-state index contributed by atoms with van der Waals surface area (Å²) < 4.78 is 7.08. The van der Waals surface area contributed by atoms with Crippen LogP contribution in [0.25, 0.3) is 0 Å². The Morgan fingerprint density at radius 3 is 2.59 bits per heavy atom. The molecule has 3 heteroatoms. The lowest BCUT2D eigenvalue weighted by molar-refractivity contribution is 0.290. The van der Waals surface area contributed by atoms with Gasteiger partial charge in [-0.3, -0.25) is 0 Å². The van der Waals surface area contributed by atoms with Gasteiger partial charge < -0.3 is 10.5 Å². The lowest BCUT2D eigenvalue weighted by Gasteiger charge is -2.27. The molecule has 0 atom stereocenters. The van der Waals surface area contributed by atoms with Gasteiger partial charge in [-0.1, -0.05) is 28.8 Å². The fourth-order valence-corrected chi connectivity index (χ4v) is 3.00. The van der Waals surface area contributed by atoms with Gasteiger partial charge in [0.1, 0.15) is 5.75 Å². The van der Waals surface area contributed by atoms with Gasteiger partial charge in [-0.05, 0) is 43.9 Å². The van der Waals surface area contributed by atoms with Crippen LogP contribution < -0.4 is 10.5 Å². The third-order valence-electron chi connectivity index (χ3n) is 3.79. The molecule has 2 fully saturated rings. The molecule has 3 rings (SSSR count). The van der Waals surface area contributed by atoms with Crippen LogP contribution in [0.3, 0.4) is 0 Å². The molecule has 0 unspecified atom stereocenters. The van der Waals surface area contributed by atoms with Crippen molar-refractivity contribution in [1.29, 1.82) is 0 Å². The maximum atomic E-state index is 6.55. The van der Waals surface area contributed by atoms with Crippen molar-refractivity contribution in [2.45, 2.75) is 50.2 Å². The van der Waals surface area contributed by atoms with Crippen LogP contribution in [-0.4, -0.2) is 6.10 Å². The van der Waals surface area contributed by atoms with Crippen molar-refractivity contribution in [2.24, 2.45) is 5.73 Å². The highest BCUT2D eigenvalue weighted by Gasteiger charge is 2.35. The van der Waals surface area contributed by atoms with Crippen LogP contribution in [0.1, 0.15) is 44.1 Å². The zero-order chi connectivity index (χ0) is 11.9. The van der Waals surface area contributed by atoms with E-state index >= 15 is 0 Å². The molecule has 2 aliphatic rings. The second-order valence-corrected chi connectivity index (χ2v) is 6.24. The molecule has 0 aromatic heterocycles. The molecule has 0 bridgehead atoms. The molecule has 1 aromatic rings. The lowest BCUT2D eigenvalue weighted by atomic mass is 9.89. The summed E-state index contributed by atoms with van der Waals surface area (Å²) in [4.78, 5) is 0. The average Bonchev–Trinajstić information content (AvgIpc) is 3.01. The Kier molecular flexibility index (Phi) is 2.91. The second kappa shape index (κ2) is 4.29. The third kappa shape index (κ3) is 2.36. The standard InChI is InChI=1S/C14H18BrNO/c15-10-3-6-13(17-11-4-5-11)12(9-10)14(16)7-1-2-8-14/h3,6,9,11H,1-2,4-5,7-8,16H2. The monoisotopic (exact) mass is 295 g/mol. The molecule has 2 aliphatic carbocycles. The van der Waals surface area contributed by atoms with E-state index in [0.717, 1.165) is 23.1 Å². The van der Waals surface area contributed by atoms with Crippen molar-refractivity contribution < 1.29 is 4.74 Å². The van der Waals surface area contributed by atoms with Gasteiger partial charge in [-0.25, -0.2) is 0 Å². The Balaban J connectivity index is 1.96. The maximum absolute atomic E-state index is 6.55. The zero-order valence-corrected chi connectivity index (χ0v) is 11.5. The molecule has 0 amide bonds. The zero-order valence-electron chi connectivity index (χ0n) is 9.92. The third-order valence-corrected chi connectivity index (χ3v) is 4.29. The van der Waals surface area contributed by atoms with E-state index in [1.54, 1.807) is 0 Å². The summed E-state index contributed by atoms with van der Waals surface area (Å²) in [5.41, 5.74) is 7.56. The number of ether oxygens (including phenoxy) is 1. The minimum atomic E-state index is -0.173. The molecule has 2 saturated carbocycles. The van der Waals surface area contributed by atoms with E-state index in [0.29, 0.717) is 6.10 Å². The summed E-state index contributed by atoms with van der Waals surface area (Å²) in [5.74, 6) is 1.00. The largest absolute Gasteiger partial charge is 0.490 e. The molecule has 0 heterocycles. The minimum Gasteiger partial charge on any atom is -0.490 e. The summed E-state index contributed by atoms with van der Waals surface area (Å²) in [6.45, 7) is 0. The quantitative estimate of drug-likeness (QED) is 0.922. The number of rotatable bonds is 3. The first-order valence-electron chi connectivity index (χ1n) is 6.43. The van der Waals surface area contributed by atoms with E-state index in [4.69, 9.17) is 10.5 Å². The Morgan fingerprint density at radius 1 is 1.24 bits per heavy atom. The van der Waals surface area contributed by atoms with E-state index in [1.165, 1.54) is 31.2 Å². The second-order valence-electron chi connectivity index (χ2n) is 5.32. The topological polar surface area (TPSA) is 35.2 Å². The van der Waals surface area contributed by atoms with E-state index in [1.807, 2.05) is 6.07 Å². The number of nitrogens with two attached hydrogens (primary N) is 1. The first kappa shape index (κ1) is 11.5. The Hall–Kier alpha value is -0.540. The molecule has 92 valence electrons. The van der Waals surface area contributed by atoms with Crippen molar-refractivity contribution in [3.8, 4) is 5.75 Å². The van der Waals surface area contributed by atoms with E-state index in [2.05, 4.69) is 28.1 Å². The van der Waals surface area contributed by atoms with Gasteiger partial charge >= 0.3 is 0 Å². The van der Waals surface area contributed by atoms with Crippen LogP contribution in [0.4, 0.5) is 0 Å². The molecule has 0 radical (unpaired) electrons. The van der Waals surface area contributed by atoms with Gasteiger partial charge in [0.25, 0.3) is 0 Å². The van der Waals surface area contributed by atoms with Gasteiger partial charge in [0.05, 0.1) is 6.10 Å². The fraction of sp³-hybridized carbons (Fsp3) is 0.571. The summed E-state index contributed by atoms with van der Waals surface area (Å²) in [5, 5.41) is 0. The molecule has 1 aromatic carbocycles. The van der Waals surface area contributed by atoms with Gasteiger partial charge in [-0.15, -0.1) is 0 Å². The average molecular weight is 296 g/mol. The normalized spacial score (nSPS) is 22.7. The van der Waals surface area contributed by atoms with Gasteiger partial charge in [0.2, 0.25) is 0 Å². The Bertz CT molecular complexity index is 422. The predicted octanol–water partition coefficient (Wildman–Crippen LogP) is 3.72. The molecule has 0 aliphatic heterocycles. The first-order chi connectivity index (χ1) is 8.17. The molecule has 2 N–H and O–H groups in total. The number of hydrogen-bond donors (Lipinski definition) is 1. The summed E-state index contributed by atoms with van der Waals surface area (Å²) in [6.07, 6.45) is 7.41. The Labute approximate surface area is 111 Å². The fourth-order valence-electron chi connectivity index (χ4n) is 2.63. The Morgan fingerprint density at radius 2 is 1.94 bits per heavy atom. The van der Waals surface area contributed by atoms with Crippen molar-refractivity contribution >= 4 is 15.9 Å². The lowest BCUT2D eigenvalue weighted by Crippen LogP contribution is -2.33. The van der Waals surface area contributed by atoms with Crippen molar-refractivity contribution in [1.82, 2.24) is 0 Å². The molecule has 0 saturated heterocycles. The number of hydrogen-bond acceptors (Lipinski definition) is 2. The minimum absolute atomic E-state index is 0.173. The number of benzene rings is 1. The van der Waals surface area contributed by atoms with E-state index in [9.17, 15) is 0 Å². The smallest absolute Gasteiger partial charge is 0.124 e. The van der Waals surface area contributed by atoms with Crippen LogP contribution in [0, 0.1) is 0 Å². The summed E-state index contributed by atoms with van der Waals surface area (Å²) in [6, 6.07) is 6.24. The highest BCUT2D eigenvalue weighted by atomic mass is 79.9.